The molecule has 8 nitrogen and oxygen atoms in total. The van der Waals surface area contributed by atoms with Gasteiger partial charge in [-0.3, -0.25) is 0 Å². The van der Waals surface area contributed by atoms with Crippen LogP contribution in [0.25, 0.3) is 5.69 Å². The van der Waals surface area contributed by atoms with Crippen LogP contribution in [0.3, 0.4) is 0 Å². The Morgan fingerprint density at radius 2 is 1.96 bits per heavy atom. The van der Waals surface area contributed by atoms with E-state index in [1.165, 1.54) is 0 Å². The highest BCUT2D eigenvalue weighted by atomic mass is 127. The Bertz CT molecular complexity index is 979. The summed E-state index contributed by atoms with van der Waals surface area (Å²) in [6, 6.07) is 14.1. The van der Waals surface area contributed by atoms with E-state index in [1.807, 2.05) is 19.1 Å². The molecule has 24 heavy (non-hydrogen) atoms. The fourth-order valence-corrected chi connectivity index (χ4v) is 2.80. The van der Waals surface area contributed by atoms with Gasteiger partial charge in [0.1, 0.15) is 5.69 Å². The van der Waals surface area contributed by atoms with Crippen molar-refractivity contribution in [2.75, 3.05) is 0 Å². The molecule has 0 unspecified atom stereocenters. The zero-order valence-electron chi connectivity index (χ0n) is 12.5. The number of rotatable bonds is 3. The zero-order valence-corrected chi connectivity index (χ0v) is 14.7. The first-order chi connectivity index (χ1) is 11.5. The number of para-hydroxylation sites is 1. The number of nitro groups is 1. The molecule has 0 atom stereocenters. The number of aromatic nitrogens is 3. The summed E-state index contributed by atoms with van der Waals surface area (Å²) in [5.74, 6) is -0.528. The molecule has 1 N–H and O–H groups in total. The highest BCUT2D eigenvalue weighted by molar-refractivity contribution is 14.1. The molecule has 2 aromatic carbocycles. The Morgan fingerprint density at radius 3 is 2.58 bits per heavy atom. The van der Waals surface area contributed by atoms with Crippen LogP contribution < -0.4 is 5.49 Å². The minimum Gasteiger partial charge on any atom is -0.409 e. The van der Waals surface area contributed by atoms with Gasteiger partial charge in [0.15, 0.2) is 0 Å². The maximum Gasteiger partial charge on any atom is 0.438 e. The van der Waals surface area contributed by atoms with E-state index in [0.29, 0.717) is 16.2 Å². The third-order valence-electron chi connectivity index (χ3n) is 3.30. The first-order valence-electron chi connectivity index (χ1n) is 6.89. The van der Waals surface area contributed by atoms with Crippen LogP contribution in [0, 0.1) is 20.6 Å². The highest BCUT2D eigenvalue weighted by Crippen LogP contribution is 2.20. The molecular weight excluding hydrogens is 425 g/mol. The molecule has 0 radical (unpaired) electrons. The lowest BCUT2D eigenvalue weighted by Crippen LogP contribution is -2.22. The van der Waals surface area contributed by atoms with E-state index in [-0.39, 0.29) is 5.49 Å². The van der Waals surface area contributed by atoms with E-state index in [4.69, 9.17) is 0 Å². The van der Waals surface area contributed by atoms with Gasteiger partial charge in [-0.1, -0.05) is 23.0 Å². The summed E-state index contributed by atoms with van der Waals surface area (Å²) in [6.45, 7) is 1.84. The fourth-order valence-electron chi connectivity index (χ4n) is 2.16. The average molecular weight is 437 g/mol. The summed E-state index contributed by atoms with van der Waals surface area (Å²) < 4.78 is 1.02. The Morgan fingerprint density at radius 1 is 1.25 bits per heavy atom. The fraction of sp³-hybridized carbons (Fsp3) is 0.0667. The van der Waals surface area contributed by atoms with Crippen LogP contribution in [0.4, 0.5) is 11.5 Å². The Kier molecular flexibility index (Phi) is 4.34. The molecule has 1 aromatic heterocycles. The molecule has 0 saturated heterocycles. The van der Waals surface area contributed by atoms with Gasteiger partial charge < -0.3 is 15.3 Å². The van der Waals surface area contributed by atoms with E-state index < -0.39 is 10.7 Å². The largest absolute Gasteiger partial charge is 0.438 e. The molecule has 3 aromatic rings. The number of aryl methyl sites for hydroxylation is 1. The predicted molar refractivity (Wildman–Crippen MR) is 94.5 cm³/mol. The minimum absolute atomic E-state index is 0.242. The number of halogens is 1. The maximum absolute atomic E-state index is 11.3. The van der Waals surface area contributed by atoms with E-state index in [0.717, 1.165) is 13.9 Å². The SMILES string of the molecule is Cc1cc(I)ccc1N=c1c([N+](=O)[O-])nn(-c2ccccc2)n1O. The molecule has 3 rings (SSSR count). The maximum atomic E-state index is 11.3. The van der Waals surface area contributed by atoms with Crippen molar-refractivity contribution >= 4 is 34.1 Å². The van der Waals surface area contributed by atoms with E-state index in [1.54, 1.807) is 36.4 Å². The molecule has 0 amide bonds. The highest BCUT2D eigenvalue weighted by Gasteiger charge is 2.24. The van der Waals surface area contributed by atoms with Crippen molar-refractivity contribution < 1.29 is 10.1 Å². The quantitative estimate of drug-likeness (QED) is 0.295. The molecule has 0 aliphatic carbocycles. The molecule has 122 valence electrons. The van der Waals surface area contributed by atoms with Crippen LogP contribution in [-0.2, 0) is 0 Å². The van der Waals surface area contributed by atoms with E-state index in [2.05, 4.69) is 32.7 Å². The van der Waals surface area contributed by atoms with Crippen molar-refractivity contribution in [1.82, 2.24) is 14.7 Å². The summed E-state index contributed by atoms with van der Waals surface area (Å²) in [4.78, 5) is 16.5. The lowest BCUT2D eigenvalue weighted by Gasteiger charge is -2.01. The lowest BCUT2D eigenvalue weighted by atomic mass is 10.2. The van der Waals surface area contributed by atoms with Gasteiger partial charge in [0, 0.05) is 3.57 Å². The summed E-state index contributed by atoms with van der Waals surface area (Å²) in [5.41, 5.74) is 1.59. The first-order valence-corrected chi connectivity index (χ1v) is 7.97. The predicted octanol–water partition coefficient (Wildman–Crippen LogP) is 2.96. The molecule has 0 aliphatic heterocycles. The van der Waals surface area contributed by atoms with Crippen LogP contribution in [-0.4, -0.2) is 24.9 Å². The van der Waals surface area contributed by atoms with Crippen LogP contribution >= 0.6 is 22.6 Å². The molecule has 0 saturated carbocycles. The van der Waals surface area contributed by atoms with Gasteiger partial charge in [-0.15, -0.1) is 0 Å². The second-order valence-electron chi connectivity index (χ2n) is 4.96. The van der Waals surface area contributed by atoms with Crippen molar-refractivity contribution in [2.45, 2.75) is 6.92 Å². The van der Waals surface area contributed by atoms with Crippen molar-refractivity contribution in [3.63, 3.8) is 0 Å². The Labute approximate surface area is 149 Å². The number of hydrogen-bond donors (Lipinski definition) is 1. The average Bonchev–Trinajstić information content (AvgIpc) is 2.88. The van der Waals surface area contributed by atoms with Gasteiger partial charge in [-0.25, -0.2) is 4.99 Å². The van der Waals surface area contributed by atoms with Crippen LogP contribution in [0.15, 0.2) is 53.5 Å². The minimum atomic E-state index is -0.674. The monoisotopic (exact) mass is 437 g/mol. The van der Waals surface area contributed by atoms with Crippen molar-refractivity contribution in [1.29, 1.82) is 0 Å². The summed E-state index contributed by atoms with van der Waals surface area (Å²) in [7, 11) is 0. The normalized spacial score (nSPS) is 11.7. The van der Waals surface area contributed by atoms with Crippen LogP contribution in [0.1, 0.15) is 5.56 Å². The smallest absolute Gasteiger partial charge is 0.409 e. The molecular formula is C15H12IN5O3. The number of nitrogens with zero attached hydrogens (tertiary/aromatic N) is 5. The van der Waals surface area contributed by atoms with Gasteiger partial charge in [-0.2, -0.15) is 0 Å². The van der Waals surface area contributed by atoms with Gasteiger partial charge in [0.2, 0.25) is 0 Å². The Balaban J connectivity index is 2.25. The standard InChI is InChI=1S/C15H12IN5O3/c1-10-9-11(16)7-8-13(10)17-14-15(21(23)24)18-19(20(14)22)12-5-3-2-4-6-12/h2-9,22H,1H3. The second-order valence-corrected chi connectivity index (χ2v) is 6.21. The molecule has 0 spiro atoms. The topological polar surface area (TPSA) is 98.5 Å². The van der Waals surface area contributed by atoms with Gasteiger partial charge in [0.25, 0.3) is 5.49 Å². The van der Waals surface area contributed by atoms with Crippen LogP contribution in [0.5, 0.6) is 0 Å². The molecule has 0 aliphatic rings. The van der Waals surface area contributed by atoms with Crippen molar-refractivity contribution in [3.05, 3.63) is 73.3 Å². The van der Waals surface area contributed by atoms with Crippen molar-refractivity contribution in [2.24, 2.45) is 4.99 Å². The molecule has 0 bridgehead atoms. The Hall–Kier alpha value is -2.69. The lowest BCUT2D eigenvalue weighted by molar-refractivity contribution is -0.391. The first kappa shape index (κ1) is 16.2. The second kappa shape index (κ2) is 6.43. The van der Waals surface area contributed by atoms with E-state index in [9.17, 15) is 15.3 Å². The van der Waals surface area contributed by atoms with Gasteiger partial charge in [0.05, 0.1) is 10.8 Å². The number of benzene rings is 2. The zero-order chi connectivity index (χ0) is 17.3. The number of hydrogen-bond acceptors (Lipinski definition) is 5. The van der Waals surface area contributed by atoms with Gasteiger partial charge >= 0.3 is 5.82 Å². The molecule has 0 fully saturated rings. The van der Waals surface area contributed by atoms with Gasteiger partial charge in [-0.05, 0) is 75.1 Å². The van der Waals surface area contributed by atoms with E-state index >= 15 is 0 Å². The summed E-state index contributed by atoms with van der Waals surface area (Å²) in [6.07, 6.45) is 0. The van der Waals surface area contributed by atoms with Crippen LogP contribution in [0.2, 0.25) is 0 Å². The summed E-state index contributed by atoms with van der Waals surface area (Å²) >= 11 is 2.17. The third-order valence-corrected chi connectivity index (χ3v) is 3.97. The summed E-state index contributed by atoms with van der Waals surface area (Å²) in [5, 5.41) is 25.5. The van der Waals surface area contributed by atoms with Crippen molar-refractivity contribution in [3.8, 4) is 5.69 Å². The third kappa shape index (κ3) is 3.02. The molecule has 9 heteroatoms. The molecule has 1 heterocycles.